The van der Waals surface area contributed by atoms with Crippen molar-refractivity contribution >= 4 is 24.3 Å². The van der Waals surface area contributed by atoms with Gasteiger partial charge in [0.05, 0.1) is 0 Å². The van der Waals surface area contributed by atoms with Crippen LogP contribution in [0.2, 0.25) is 15.5 Å². The molecule has 2 aliphatic rings. The molecule has 2 unspecified atom stereocenters. The molecule has 0 aliphatic carbocycles. The minimum atomic E-state index is -4.56. The third-order valence-electron chi connectivity index (χ3n) is 5.77. The van der Waals surface area contributed by atoms with Gasteiger partial charge in [0.1, 0.15) is 0 Å². The molecule has 8 heteroatoms. The monoisotopic (exact) mass is 466 g/mol. The summed E-state index contributed by atoms with van der Waals surface area (Å²) in [7, 11) is -4.56. The Morgan fingerprint density at radius 2 is 1.96 bits per heavy atom. The third kappa shape index (κ3) is 5.32. The first kappa shape index (κ1) is 21.2. The molecule has 2 saturated heterocycles. The first-order chi connectivity index (χ1) is 12.8. The Bertz CT molecular complexity index is 712. The van der Waals surface area contributed by atoms with Crippen LogP contribution in [0.4, 0.5) is 0 Å². The summed E-state index contributed by atoms with van der Waals surface area (Å²) in [5, 5.41) is 2.08. The summed E-state index contributed by atoms with van der Waals surface area (Å²) in [6, 6.07) is 9.62. The van der Waals surface area contributed by atoms with Crippen molar-refractivity contribution in [1.82, 2.24) is 0 Å². The molecule has 1 aromatic carbocycles. The van der Waals surface area contributed by atoms with Gasteiger partial charge in [0, 0.05) is 0 Å². The maximum absolute atomic E-state index is 11.3. The normalized spacial score (nSPS) is 38.7. The van der Waals surface area contributed by atoms with Gasteiger partial charge in [-0.2, -0.15) is 0 Å². The second-order valence-corrected chi connectivity index (χ2v) is 14.0. The van der Waals surface area contributed by atoms with Crippen LogP contribution in [-0.2, 0) is 24.1 Å². The van der Waals surface area contributed by atoms with Crippen LogP contribution in [0.5, 0.6) is 0 Å². The van der Waals surface area contributed by atoms with Crippen molar-refractivity contribution < 1.29 is 26.6 Å². The summed E-state index contributed by atoms with van der Waals surface area (Å²) >= 11 is -1.23. The zero-order valence-corrected chi connectivity index (χ0v) is 18.7. The fourth-order valence-electron chi connectivity index (χ4n) is 4.22. The van der Waals surface area contributed by atoms with E-state index in [0.29, 0.717) is 11.8 Å². The fraction of sp³-hybridized carbons (Fsp3) is 0.684. The van der Waals surface area contributed by atoms with Gasteiger partial charge in [-0.3, -0.25) is 0 Å². The van der Waals surface area contributed by atoms with E-state index < -0.39 is 42.8 Å². The van der Waals surface area contributed by atoms with E-state index in [0.717, 1.165) is 22.1 Å². The minimum absolute atomic E-state index is 0.0775. The average Bonchev–Trinajstić information content (AvgIpc) is 2.89. The van der Waals surface area contributed by atoms with Crippen molar-refractivity contribution in [2.24, 2.45) is 11.8 Å². The second kappa shape index (κ2) is 8.91. The molecule has 27 heavy (non-hydrogen) atoms. The van der Waals surface area contributed by atoms with Gasteiger partial charge in [-0.15, -0.1) is 0 Å². The van der Waals surface area contributed by atoms with E-state index in [1.807, 2.05) is 30.3 Å². The van der Waals surface area contributed by atoms with E-state index in [1.54, 1.807) is 0 Å². The number of ether oxygens (including phenoxy) is 2. The Kier molecular flexibility index (Phi) is 7.01. The van der Waals surface area contributed by atoms with Crippen LogP contribution < -0.4 is 0 Å². The molecule has 0 amide bonds. The van der Waals surface area contributed by atoms with Crippen molar-refractivity contribution in [3.8, 4) is 0 Å². The molecule has 154 valence electrons. The standard InChI is InChI=1S/C19H30O6SSe/c1-4-18-14(3)13(2)11-27(18)12-17-16(25-26(20,21)22)10-23-19(24-17)15-8-6-5-7-9-15/h5-9,13-14,16-19,27H,4,10-12H2,1-3H3,(H,20,21,22)/t13-,14+,16+,17-,18-,19?/m1/s1. The molecule has 0 aromatic heterocycles. The molecule has 0 radical (unpaired) electrons. The Morgan fingerprint density at radius 1 is 1.26 bits per heavy atom. The van der Waals surface area contributed by atoms with Gasteiger partial charge in [-0.05, 0) is 0 Å². The third-order valence-corrected chi connectivity index (χ3v) is 13.9. The quantitative estimate of drug-likeness (QED) is 0.511. The molecule has 2 heterocycles. The summed E-state index contributed by atoms with van der Waals surface area (Å²) in [5.41, 5.74) is 0.899. The number of benzene rings is 1. The Hall–Kier alpha value is -0.471. The van der Waals surface area contributed by atoms with Crippen molar-refractivity contribution in [3.63, 3.8) is 0 Å². The summed E-state index contributed by atoms with van der Waals surface area (Å²) in [4.78, 5) is 0.723. The molecule has 0 saturated carbocycles. The SMILES string of the molecule is CC[C@@H]1[C@@H](C)[C@H](C)C[SeH]1C[C@H]1OC(c2ccccc2)OC[C@@H]1OS(=O)(=O)O. The molecular weight excluding hydrogens is 435 g/mol. The molecule has 0 bridgehead atoms. The van der Waals surface area contributed by atoms with Crippen LogP contribution in [0.15, 0.2) is 30.3 Å². The van der Waals surface area contributed by atoms with Crippen molar-refractivity contribution in [3.05, 3.63) is 35.9 Å². The molecule has 1 N–H and O–H groups in total. The van der Waals surface area contributed by atoms with Gasteiger partial charge >= 0.3 is 166 Å². The van der Waals surface area contributed by atoms with Gasteiger partial charge in [-0.1, -0.05) is 0 Å². The van der Waals surface area contributed by atoms with Gasteiger partial charge in [-0.25, -0.2) is 0 Å². The number of hydrogen-bond acceptors (Lipinski definition) is 5. The first-order valence-electron chi connectivity index (χ1n) is 9.50. The molecule has 6 nitrogen and oxygen atoms in total. The van der Waals surface area contributed by atoms with Crippen LogP contribution in [0, 0.1) is 11.8 Å². The maximum atomic E-state index is 11.3. The molecule has 0 spiro atoms. The topological polar surface area (TPSA) is 82.1 Å². The van der Waals surface area contributed by atoms with Crippen LogP contribution in [0.25, 0.3) is 0 Å². The first-order valence-corrected chi connectivity index (χ1v) is 14.6. The van der Waals surface area contributed by atoms with E-state index in [-0.39, 0.29) is 6.61 Å². The number of hydrogen-bond donors (Lipinski definition) is 1. The summed E-state index contributed by atoms with van der Waals surface area (Å²) in [6.45, 7) is 6.96. The second-order valence-electron chi connectivity index (χ2n) is 7.58. The van der Waals surface area contributed by atoms with Gasteiger partial charge in [0.15, 0.2) is 0 Å². The summed E-state index contributed by atoms with van der Waals surface area (Å²) in [5.74, 6) is 1.39. The Balaban J connectivity index is 1.77. The van der Waals surface area contributed by atoms with E-state index >= 15 is 0 Å². The molecular formula is C19H30O6SSe. The van der Waals surface area contributed by atoms with Gasteiger partial charge in [0.2, 0.25) is 0 Å². The van der Waals surface area contributed by atoms with Crippen LogP contribution in [-0.4, -0.2) is 45.7 Å². The van der Waals surface area contributed by atoms with Gasteiger partial charge in [0.25, 0.3) is 0 Å². The molecule has 2 aliphatic heterocycles. The average molecular weight is 465 g/mol. The fourth-order valence-corrected chi connectivity index (χ4v) is 13.2. The van der Waals surface area contributed by atoms with Crippen LogP contribution in [0.1, 0.15) is 39.0 Å². The predicted octanol–water partition coefficient (Wildman–Crippen LogP) is 3.58. The van der Waals surface area contributed by atoms with Crippen LogP contribution >= 0.6 is 0 Å². The molecule has 1 aromatic rings. The van der Waals surface area contributed by atoms with Crippen molar-refractivity contribution in [2.75, 3.05) is 6.61 Å². The van der Waals surface area contributed by atoms with E-state index in [1.165, 1.54) is 5.32 Å². The molecule has 3 rings (SSSR count). The van der Waals surface area contributed by atoms with Crippen LogP contribution in [0.3, 0.4) is 0 Å². The molecule has 7 atom stereocenters. The number of rotatable bonds is 6. The zero-order chi connectivity index (χ0) is 19.6. The van der Waals surface area contributed by atoms with E-state index in [4.69, 9.17) is 18.2 Å². The van der Waals surface area contributed by atoms with Crippen molar-refractivity contribution in [1.29, 1.82) is 0 Å². The Morgan fingerprint density at radius 3 is 2.59 bits per heavy atom. The zero-order valence-electron chi connectivity index (χ0n) is 16.0. The van der Waals surface area contributed by atoms with Crippen molar-refractivity contribution in [2.45, 2.75) is 61.1 Å². The Labute approximate surface area is 166 Å². The summed E-state index contributed by atoms with van der Waals surface area (Å²) < 4.78 is 48.5. The molecule has 2 fully saturated rings. The van der Waals surface area contributed by atoms with E-state index in [9.17, 15) is 8.42 Å². The van der Waals surface area contributed by atoms with E-state index in [2.05, 4.69) is 20.8 Å². The summed E-state index contributed by atoms with van der Waals surface area (Å²) in [6.07, 6.45) is -0.583. The van der Waals surface area contributed by atoms with Gasteiger partial charge < -0.3 is 0 Å². The predicted molar refractivity (Wildman–Crippen MR) is 106 cm³/mol.